The van der Waals surface area contributed by atoms with E-state index < -0.39 is 0 Å². The van der Waals surface area contributed by atoms with Crippen LogP contribution in [0.15, 0.2) is 255 Å². The zero-order chi connectivity index (χ0) is 54.8. The molecule has 83 heavy (non-hydrogen) atoms. The van der Waals surface area contributed by atoms with E-state index in [0.717, 1.165) is 38.8 Å². The molecule has 1 radical (unpaired) electrons. The molecular weight excluding hydrogens is 1190 g/mol. The van der Waals surface area contributed by atoms with Gasteiger partial charge in [-0.05, 0) is 133 Å². The smallest absolute Gasteiger partial charge is 0.0595 e. The van der Waals surface area contributed by atoms with Gasteiger partial charge in [0.15, 0.2) is 0 Å². The van der Waals surface area contributed by atoms with Crippen LogP contribution in [-0.4, -0.2) is 19.1 Å². The molecule has 15 aromatic rings. The van der Waals surface area contributed by atoms with E-state index in [1.54, 1.807) is 0 Å². The first kappa shape index (κ1) is 50.5. The molecule has 0 bridgehead atoms. The van der Waals surface area contributed by atoms with Crippen molar-refractivity contribution >= 4 is 65.3 Å². The van der Waals surface area contributed by atoms with Gasteiger partial charge in [0.2, 0.25) is 0 Å². The van der Waals surface area contributed by atoms with Gasteiger partial charge in [-0.1, -0.05) is 179 Å². The van der Waals surface area contributed by atoms with Crippen LogP contribution in [0.4, 0.5) is 0 Å². The minimum atomic E-state index is -0.168. The second kappa shape index (κ2) is 19.3. The fourth-order valence-electron chi connectivity index (χ4n) is 13.7. The SMILES string of the molecule is CC1(C)c2ccccc2-n2c3ccc(-c4cc[c-]c(-c5ccc6ccccc6n5)c4)cc3c3cccc1c32.CC1(C)c2ccccc2-n2c3ccc(-c4ccccc4)cc3c3cc(-c4cc[c-]c(-c5nccc6ccccc56)c4)cc1c32.[Ir]. The number of hydrogen-bond donors (Lipinski definition) is 0. The molecule has 2 aliphatic rings. The minimum absolute atomic E-state index is 0. The largest absolute Gasteiger partial charge is 0.309 e. The van der Waals surface area contributed by atoms with Crippen molar-refractivity contribution < 1.29 is 20.1 Å². The molecule has 0 fully saturated rings. The number of rotatable bonds is 5. The van der Waals surface area contributed by atoms with Gasteiger partial charge in [0.25, 0.3) is 0 Å². The molecule has 0 amide bonds. The van der Waals surface area contributed by atoms with E-state index in [0.29, 0.717) is 0 Å². The molecule has 0 aliphatic carbocycles. The standard InChI is InChI=1S/C42H29N2.C36H25N2.Ir/c1-42(2)36-17-8-9-18-39(36)44-38-20-19-30(27-11-4-3-5-12-27)24-34(38)35-25-32(26-37(42)41(35)44)29-14-10-15-31(23-29)40-33-16-7-6-13-28(33)21-22-43-40;1-36(2)29-13-4-6-16-34(29)38-33-20-18-25(22-28(33)27-12-8-14-30(36)35(27)38)24-10-7-11-26(21-24)32-19-17-23-9-3-5-15-31(23)37-32;/h3-14,16-26H,1-2H3;3-10,12-22H,1-2H3;/q2*-1;. The van der Waals surface area contributed by atoms with Crippen LogP contribution >= 0.6 is 0 Å². The second-order valence-corrected chi connectivity index (χ2v) is 23.2. The molecule has 0 saturated heterocycles. The summed E-state index contributed by atoms with van der Waals surface area (Å²) in [6.07, 6.45) is 1.90. The Morgan fingerprint density at radius 1 is 0.361 bits per heavy atom. The van der Waals surface area contributed by atoms with Gasteiger partial charge in [0, 0.05) is 58.7 Å². The summed E-state index contributed by atoms with van der Waals surface area (Å²) in [5.41, 5.74) is 25.0. The zero-order valence-corrected chi connectivity index (χ0v) is 48.8. The van der Waals surface area contributed by atoms with Crippen LogP contribution in [0.25, 0.3) is 133 Å². The van der Waals surface area contributed by atoms with Crippen LogP contribution in [0.5, 0.6) is 0 Å². The Hall–Kier alpha value is -9.51. The average molecular weight is 1240 g/mol. The number of hydrogen-bond acceptors (Lipinski definition) is 2. The first-order chi connectivity index (χ1) is 40.2. The molecule has 0 N–H and O–H groups in total. The number of para-hydroxylation sites is 4. The Bertz CT molecular complexity index is 5110. The van der Waals surface area contributed by atoms with Crippen molar-refractivity contribution in [3.63, 3.8) is 0 Å². The second-order valence-electron chi connectivity index (χ2n) is 23.2. The van der Waals surface area contributed by atoms with Crippen molar-refractivity contribution in [3.8, 4) is 67.3 Å². The van der Waals surface area contributed by atoms with E-state index in [9.17, 15) is 0 Å². The molecule has 5 heteroatoms. The van der Waals surface area contributed by atoms with Crippen molar-refractivity contribution in [1.29, 1.82) is 0 Å². The Morgan fingerprint density at radius 2 is 0.904 bits per heavy atom. The molecular formula is C78H54IrN4-2. The predicted molar refractivity (Wildman–Crippen MR) is 341 cm³/mol. The molecule has 0 unspecified atom stereocenters. The molecule has 6 heterocycles. The molecule has 2 aliphatic heterocycles. The predicted octanol–water partition coefficient (Wildman–Crippen LogP) is 19.9. The van der Waals surface area contributed by atoms with Crippen molar-refractivity contribution in [2.45, 2.75) is 38.5 Å². The summed E-state index contributed by atoms with van der Waals surface area (Å²) < 4.78 is 4.96. The maximum Gasteiger partial charge on any atom is 0.0595 e. The number of benzene rings is 11. The third-order valence-electron chi connectivity index (χ3n) is 17.8. The van der Waals surface area contributed by atoms with Crippen molar-refractivity contribution in [3.05, 3.63) is 289 Å². The summed E-state index contributed by atoms with van der Waals surface area (Å²) in [7, 11) is 0. The van der Waals surface area contributed by atoms with Gasteiger partial charge < -0.3 is 14.1 Å². The first-order valence-corrected chi connectivity index (χ1v) is 28.4. The monoisotopic (exact) mass is 1240 g/mol. The van der Waals surface area contributed by atoms with E-state index in [2.05, 4.69) is 273 Å². The quantitative estimate of drug-likeness (QED) is 0.161. The molecule has 4 aromatic heterocycles. The maximum atomic E-state index is 4.90. The van der Waals surface area contributed by atoms with Crippen LogP contribution in [0.2, 0.25) is 0 Å². The van der Waals surface area contributed by atoms with Crippen LogP contribution in [0.1, 0.15) is 49.9 Å². The van der Waals surface area contributed by atoms with Gasteiger partial charge >= 0.3 is 0 Å². The number of nitrogens with zero attached hydrogens (tertiary/aromatic N) is 4. The van der Waals surface area contributed by atoms with Gasteiger partial charge in [0.05, 0.1) is 39.0 Å². The van der Waals surface area contributed by atoms with E-state index in [1.165, 1.54) is 116 Å². The number of fused-ring (bicyclic) bond motifs is 12. The van der Waals surface area contributed by atoms with E-state index in [-0.39, 0.29) is 30.9 Å². The van der Waals surface area contributed by atoms with Gasteiger partial charge in [-0.25, -0.2) is 0 Å². The van der Waals surface area contributed by atoms with Gasteiger partial charge in [-0.2, -0.15) is 0 Å². The molecule has 397 valence electrons. The van der Waals surface area contributed by atoms with Crippen LogP contribution in [0, 0.1) is 12.1 Å². The van der Waals surface area contributed by atoms with Gasteiger partial charge in [-0.15, -0.1) is 70.8 Å². The summed E-state index contributed by atoms with van der Waals surface area (Å²) in [5.74, 6) is 0. The van der Waals surface area contributed by atoms with Gasteiger partial charge in [-0.3, -0.25) is 4.98 Å². The Labute approximate surface area is 496 Å². The Balaban J connectivity index is 0.000000141. The van der Waals surface area contributed by atoms with Gasteiger partial charge in [0.1, 0.15) is 0 Å². The maximum absolute atomic E-state index is 4.90. The van der Waals surface area contributed by atoms with Crippen LogP contribution < -0.4 is 0 Å². The van der Waals surface area contributed by atoms with Crippen molar-refractivity contribution in [1.82, 2.24) is 19.1 Å². The molecule has 0 saturated carbocycles. The number of aromatic nitrogens is 4. The van der Waals surface area contributed by atoms with Crippen molar-refractivity contribution in [2.75, 3.05) is 0 Å². The third kappa shape index (κ3) is 7.90. The Morgan fingerprint density at radius 3 is 1.65 bits per heavy atom. The fraction of sp³-hybridized carbons (Fsp3) is 0.0769. The first-order valence-electron chi connectivity index (χ1n) is 28.4. The summed E-state index contributed by atoms with van der Waals surface area (Å²) >= 11 is 0. The summed E-state index contributed by atoms with van der Waals surface area (Å²) in [6, 6.07) is 96.6. The normalized spacial score (nSPS) is 13.4. The molecule has 0 spiro atoms. The van der Waals surface area contributed by atoms with Crippen molar-refractivity contribution in [2.24, 2.45) is 0 Å². The molecule has 4 nitrogen and oxygen atoms in total. The summed E-state index contributed by atoms with van der Waals surface area (Å²) in [6.45, 7) is 9.42. The minimum Gasteiger partial charge on any atom is -0.309 e. The zero-order valence-electron chi connectivity index (χ0n) is 46.4. The average Bonchev–Trinajstić information content (AvgIpc) is 2.38. The molecule has 11 aromatic carbocycles. The van der Waals surface area contributed by atoms with Crippen LogP contribution in [-0.2, 0) is 30.9 Å². The molecule has 17 rings (SSSR count). The number of pyridine rings is 2. The third-order valence-corrected chi connectivity index (χ3v) is 17.8. The van der Waals surface area contributed by atoms with E-state index >= 15 is 0 Å². The van der Waals surface area contributed by atoms with Crippen LogP contribution in [0.3, 0.4) is 0 Å². The summed E-state index contributed by atoms with van der Waals surface area (Å²) in [4.78, 5) is 9.70. The van der Waals surface area contributed by atoms with E-state index in [1.807, 2.05) is 30.5 Å². The summed E-state index contributed by atoms with van der Waals surface area (Å²) in [5, 5.41) is 8.62. The Kier molecular flexibility index (Phi) is 11.7. The molecule has 0 atom stereocenters. The van der Waals surface area contributed by atoms with E-state index in [4.69, 9.17) is 9.97 Å². The fourth-order valence-corrected chi connectivity index (χ4v) is 13.7. The topological polar surface area (TPSA) is 35.6 Å².